The first-order valence-corrected chi connectivity index (χ1v) is 14.4. The minimum Gasteiger partial charge on any atom is -0.374 e. The molecule has 1 aliphatic heterocycles. The fourth-order valence-corrected chi connectivity index (χ4v) is 6.41. The van der Waals surface area contributed by atoms with Gasteiger partial charge in [-0.1, -0.05) is 33.8 Å². The highest BCUT2D eigenvalue weighted by molar-refractivity contribution is 7.86. The van der Waals surface area contributed by atoms with Crippen molar-refractivity contribution >= 4 is 38.7 Å². The number of benzene rings is 1. The molecule has 5 N–H and O–H groups in total. The summed E-state index contributed by atoms with van der Waals surface area (Å²) >= 11 is 0. The molecule has 2 aromatic rings. The van der Waals surface area contributed by atoms with Gasteiger partial charge in [0.25, 0.3) is 16.0 Å². The molecule has 2 aliphatic rings. The SMILES string of the molecule is CC(C)C[C@H](NC(=O)c1cc2c(F)cccc2[nH]1)C(=O)N1C[C@H]2[C@@H]([C@H]1C(=O)N[C@@H](C)C(O)S(=O)(=O)O)C2(C)C. The molecule has 1 aromatic carbocycles. The van der Waals surface area contributed by atoms with E-state index in [1.807, 2.05) is 27.7 Å². The Morgan fingerprint density at radius 3 is 2.46 bits per heavy atom. The lowest BCUT2D eigenvalue weighted by Gasteiger charge is -2.34. The number of nitrogens with zero attached hydrogens (tertiary/aromatic N) is 1. The minimum absolute atomic E-state index is 0.00481. The van der Waals surface area contributed by atoms with Gasteiger partial charge < -0.3 is 25.6 Å². The van der Waals surface area contributed by atoms with Crippen LogP contribution in [0.2, 0.25) is 0 Å². The van der Waals surface area contributed by atoms with Crippen molar-refractivity contribution < 1.29 is 36.9 Å². The lowest BCUT2D eigenvalue weighted by molar-refractivity contribution is -0.142. The summed E-state index contributed by atoms with van der Waals surface area (Å²) in [7, 11) is -4.82. The molecule has 1 aromatic heterocycles. The fraction of sp³-hybridized carbons (Fsp3) is 0.577. The number of halogens is 1. The zero-order chi connectivity index (χ0) is 29.0. The van der Waals surface area contributed by atoms with E-state index in [2.05, 4.69) is 15.6 Å². The number of aliphatic hydroxyl groups excluding tert-OH is 1. The molecule has 1 unspecified atom stereocenters. The van der Waals surface area contributed by atoms with Crippen LogP contribution in [0.4, 0.5) is 4.39 Å². The summed E-state index contributed by atoms with van der Waals surface area (Å²) < 4.78 is 46.0. The maximum atomic E-state index is 14.1. The van der Waals surface area contributed by atoms with Gasteiger partial charge in [0.1, 0.15) is 23.6 Å². The van der Waals surface area contributed by atoms with Crippen LogP contribution >= 0.6 is 0 Å². The van der Waals surface area contributed by atoms with E-state index in [1.54, 1.807) is 6.07 Å². The second-order valence-corrected chi connectivity index (χ2v) is 13.1. The molecular formula is C26H35FN4O7S. The van der Waals surface area contributed by atoms with Crippen molar-refractivity contribution in [3.63, 3.8) is 0 Å². The molecular weight excluding hydrogens is 531 g/mol. The van der Waals surface area contributed by atoms with Gasteiger partial charge in [0, 0.05) is 17.4 Å². The molecule has 1 aliphatic carbocycles. The highest BCUT2D eigenvalue weighted by atomic mass is 32.2. The standard InChI is InChI=1S/C26H35FN4O7S/c1-12(2)9-19(30-22(32)18-10-14-16(27)7-6-8-17(14)29-18)24(34)31-11-15-20(26(15,4)5)21(31)23(33)28-13(3)25(35)39(36,37)38/h6-8,10,12-13,15,19-21,25,29,35H,9,11H2,1-5H3,(H,28,33)(H,30,32)(H,36,37,38)/t13-,15-,19-,20-,21-,25?/m0/s1. The molecule has 4 rings (SSSR count). The van der Waals surface area contributed by atoms with Gasteiger partial charge in [-0.15, -0.1) is 0 Å². The minimum atomic E-state index is -4.82. The summed E-state index contributed by atoms with van der Waals surface area (Å²) in [6.45, 7) is 9.23. The summed E-state index contributed by atoms with van der Waals surface area (Å²) in [5.41, 5.74) is -1.95. The van der Waals surface area contributed by atoms with E-state index in [-0.39, 0.29) is 47.2 Å². The molecule has 2 heterocycles. The van der Waals surface area contributed by atoms with Gasteiger partial charge in [-0.05, 0) is 54.7 Å². The molecule has 13 heteroatoms. The maximum absolute atomic E-state index is 14.1. The highest BCUT2D eigenvalue weighted by Crippen LogP contribution is 2.65. The lowest BCUT2D eigenvalue weighted by Crippen LogP contribution is -2.58. The number of nitrogens with one attached hydrogen (secondary N) is 3. The van der Waals surface area contributed by atoms with Crippen molar-refractivity contribution in [2.24, 2.45) is 23.2 Å². The molecule has 39 heavy (non-hydrogen) atoms. The number of hydrogen-bond acceptors (Lipinski definition) is 6. The van der Waals surface area contributed by atoms with Crippen LogP contribution in [0.1, 0.15) is 51.5 Å². The van der Waals surface area contributed by atoms with Crippen molar-refractivity contribution in [3.05, 3.63) is 35.8 Å². The van der Waals surface area contributed by atoms with E-state index in [4.69, 9.17) is 4.55 Å². The number of aromatic amines is 1. The van der Waals surface area contributed by atoms with Crippen molar-refractivity contribution in [2.45, 2.75) is 64.6 Å². The molecule has 2 fully saturated rings. The van der Waals surface area contributed by atoms with Gasteiger partial charge in [-0.2, -0.15) is 8.42 Å². The predicted molar refractivity (Wildman–Crippen MR) is 140 cm³/mol. The Labute approximate surface area is 226 Å². The molecule has 0 spiro atoms. The number of aromatic nitrogens is 1. The topological polar surface area (TPSA) is 169 Å². The third kappa shape index (κ3) is 5.52. The summed E-state index contributed by atoms with van der Waals surface area (Å²) in [5.74, 6) is -2.39. The summed E-state index contributed by atoms with van der Waals surface area (Å²) in [4.78, 5) is 44.5. The van der Waals surface area contributed by atoms with E-state index >= 15 is 0 Å². The second kappa shape index (κ2) is 10.2. The molecule has 0 bridgehead atoms. The van der Waals surface area contributed by atoms with Crippen LogP contribution in [-0.4, -0.2) is 75.8 Å². The normalized spacial score (nSPS) is 24.2. The monoisotopic (exact) mass is 566 g/mol. The second-order valence-electron chi connectivity index (χ2n) is 11.6. The van der Waals surface area contributed by atoms with Gasteiger partial charge >= 0.3 is 0 Å². The number of hydrogen-bond donors (Lipinski definition) is 5. The number of aliphatic hydroxyl groups is 1. The number of fused-ring (bicyclic) bond motifs is 2. The maximum Gasteiger partial charge on any atom is 0.294 e. The first kappa shape index (κ1) is 29.0. The van der Waals surface area contributed by atoms with Crippen LogP contribution in [0.3, 0.4) is 0 Å². The van der Waals surface area contributed by atoms with Crippen LogP contribution in [0, 0.1) is 29.0 Å². The van der Waals surface area contributed by atoms with Crippen molar-refractivity contribution in [3.8, 4) is 0 Å². The number of likely N-dealkylation sites (tertiary alicyclic amines) is 1. The third-order valence-corrected chi connectivity index (χ3v) is 9.05. The first-order valence-electron chi connectivity index (χ1n) is 12.9. The predicted octanol–water partition coefficient (Wildman–Crippen LogP) is 1.65. The zero-order valence-corrected chi connectivity index (χ0v) is 23.3. The Balaban J connectivity index is 1.56. The van der Waals surface area contributed by atoms with Crippen molar-refractivity contribution in [2.75, 3.05) is 6.54 Å². The fourth-order valence-electron chi connectivity index (χ4n) is 5.82. The van der Waals surface area contributed by atoms with Crippen LogP contribution < -0.4 is 10.6 Å². The van der Waals surface area contributed by atoms with E-state index in [1.165, 1.54) is 30.0 Å². The van der Waals surface area contributed by atoms with Crippen LogP contribution in [0.5, 0.6) is 0 Å². The van der Waals surface area contributed by atoms with Crippen molar-refractivity contribution in [1.29, 1.82) is 0 Å². The Kier molecular flexibility index (Phi) is 7.56. The zero-order valence-electron chi connectivity index (χ0n) is 22.4. The molecule has 214 valence electrons. The molecule has 1 saturated carbocycles. The number of H-pyrrole nitrogens is 1. The Morgan fingerprint density at radius 1 is 1.21 bits per heavy atom. The van der Waals surface area contributed by atoms with Gasteiger partial charge in [0.15, 0.2) is 0 Å². The molecule has 0 radical (unpaired) electrons. The van der Waals surface area contributed by atoms with Crippen LogP contribution in [0.25, 0.3) is 10.9 Å². The van der Waals surface area contributed by atoms with E-state index < -0.39 is 57.2 Å². The smallest absolute Gasteiger partial charge is 0.294 e. The molecule has 1 saturated heterocycles. The first-order chi connectivity index (χ1) is 18.0. The highest BCUT2D eigenvalue weighted by Gasteiger charge is 2.69. The Morgan fingerprint density at radius 2 is 1.87 bits per heavy atom. The Bertz CT molecular complexity index is 1410. The van der Waals surface area contributed by atoms with Crippen LogP contribution in [0.15, 0.2) is 24.3 Å². The quantitative estimate of drug-likeness (QED) is 0.288. The molecule has 11 nitrogen and oxygen atoms in total. The van der Waals surface area contributed by atoms with E-state index in [9.17, 15) is 32.3 Å². The number of rotatable bonds is 9. The van der Waals surface area contributed by atoms with Gasteiger partial charge in [0.05, 0.1) is 6.04 Å². The van der Waals surface area contributed by atoms with Crippen LogP contribution in [-0.2, 0) is 19.7 Å². The molecule has 6 atom stereocenters. The number of carbonyl (C=O) groups excluding carboxylic acids is 3. The van der Waals surface area contributed by atoms with E-state index in [0.29, 0.717) is 5.52 Å². The summed E-state index contributed by atoms with van der Waals surface area (Å²) in [6, 6.07) is 2.54. The number of piperidine rings is 1. The lowest BCUT2D eigenvalue weighted by atomic mass is 9.97. The van der Waals surface area contributed by atoms with Gasteiger partial charge in [-0.25, -0.2) is 4.39 Å². The average molecular weight is 567 g/mol. The van der Waals surface area contributed by atoms with Gasteiger partial charge in [-0.3, -0.25) is 18.9 Å². The average Bonchev–Trinajstić information content (AvgIpc) is 3.22. The van der Waals surface area contributed by atoms with E-state index in [0.717, 1.165) is 0 Å². The largest absolute Gasteiger partial charge is 0.374 e. The van der Waals surface area contributed by atoms with Gasteiger partial charge in [0.2, 0.25) is 17.3 Å². The number of carbonyl (C=O) groups is 3. The third-order valence-electron chi connectivity index (χ3n) is 8.03. The summed E-state index contributed by atoms with van der Waals surface area (Å²) in [5, 5.41) is 15.3. The van der Waals surface area contributed by atoms with Crippen molar-refractivity contribution in [1.82, 2.24) is 20.5 Å². The Hall–Kier alpha value is -3.03. The molecule has 3 amide bonds. The summed E-state index contributed by atoms with van der Waals surface area (Å²) in [6.07, 6.45) is 0.278. The number of amides is 3.